The minimum absolute atomic E-state index is 0.339. The van der Waals surface area contributed by atoms with Gasteiger partial charge in [-0.1, -0.05) is 37.1 Å². The second-order valence-corrected chi connectivity index (χ2v) is 7.70. The van der Waals surface area contributed by atoms with Crippen LogP contribution in [0.25, 0.3) is 0 Å². The van der Waals surface area contributed by atoms with E-state index in [1.54, 1.807) is 7.11 Å². The summed E-state index contributed by atoms with van der Waals surface area (Å²) < 4.78 is 7.29. The normalized spacial score (nSPS) is 16.3. The molecule has 0 saturated heterocycles. The zero-order chi connectivity index (χ0) is 19.7. The number of aliphatic imine (C=N–C) groups is 1. The number of rotatable bonds is 9. The van der Waals surface area contributed by atoms with Crippen LogP contribution in [-0.4, -0.2) is 43.0 Å². The summed E-state index contributed by atoms with van der Waals surface area (Å²) >= 11 is 0. The Morgan fingerprint density at radius 3 is 2.64 bits per heavy atom. The second-order valence-electron chi connectivity index (χ2n) is 7.70. The SMILES string of the molecule is CN=C(NCc1ccccc1Cn1cccn1)NCC1(CCOC)CCCC1. The molecule has 0 atom stereocenters. The van der Waals surface area contributed by atoms with Gasteiger partial charge in [-0.2, -0.15) is 5.10 Å². The Balaban J connectivity index is 1.56. The molecular formula is C22H33N5O. The Labute approximate surface area is 168 Å². The standard InChI is InChI=1S/C22H33N5O/c1-23-21(25-18-22(12-15-28-2)10-5-6-11-22)24-16-19-8-3-4-9-20(19)17-27-14-7-13-26-27/h3-4,7-9,13-14H,5-6,10-12,15-18H2,1-2H3,(H2,23,24,25). The summed E-state index contributed by atoms with van der Waals surface area (Å²) in [4.78, 5) is 4.43. The van der Waals surface area contributed by atoms with Gasteiger partial charge >= 0.3 is 0 Å². The number of hydrogen-bond donors (Lipinski definition) is 2. The van der Waals surface area contributed by atoms with Gasteiger partial charge in [0.25, 0.3) is 0 Å². The van der Waals surface area contributed by atoms with Crippen molar-refractivity contribution in [1.29, 1.82) is 0 Å². The minimum Gasteiger partial charge on any atom is -0.385 e. The lowest BCUT2D eigenvalue weighted by Gasteiger charge is -2.30. The summed E-state index contributed by atoms with van der Waals surface area (Å²) in [6.45, 7) is 3.29. The van der Waals surface area contributed by atoms with Crippen molar-refractivity contribution in [3.63, 3.8) is 0 Å². The third-order valence-corrected chi connectivity index (χ3v) is 5.81. The highest BCUT2D eigenvalue weighted by Gasteiger charge is 2.33. The fourth-order valence-corrected chi connectivity index (χ4v) is 4.08. The maximum atomic E-state index is 5.34. The van der Waals surface area contributed by atoms with Crippen LogP contribution < -0.4 is 10.6 Å². The van der Waals surface area contributed by atoms with Crippen molar-refractivity contribution in [3.8, 4) is 0 Å². The molecule has 1 aliphatic rings. The highest BCUT2D eigenvalue weighted by molar-refractivity contribution is 5.79. The molecule has 2 aromatic rings. The molecule has 1 heterocycles. The molecule has 1 aliphatic carbocycles. The summed E-state index contributed by atoms with van der Waals surface area (Å²) in [5.74, 6) is 0.859. The van der Waals surface area contributed by atoms with Gasteiger partial charge in [0.05, 0.1) is 6.54 Å². The molecule has 0 unspecified atom stereocenters. The number of guanidine groups is 1. The molecule has 6 nitrogen and oxygen atoms in total. The fourth-order valence-electron chi connectivity index (χ4n) is 4.08. The van der Waals surface area contributed by atoms with Crippen LogP contribution in [-0.2, 0) is 17.8 Å². The van der Waals surface area contributed by atoms with E-state index >= 15 is 0 Å². The lowest BCUT2D eigenvalue weighted by atomic mass is 9.83. The van der Waals surface area contributed by atoms with Crippen LogP contribution in [0, 0.1) is 5.41 Å². The Bertz CT molecular complexity index is 735. The quantitative estimate of drug-likeness (QED) is 0.516. The molecule has 1 aromatic heterocycles. The molecule has 0 radical (unpaired) electrons. The van der Waals surface area contributed by atoms with E-state index in [-0.39, 0.29) is 0 Å². The van der Waals surface area contributed by atoms with E-state index < -0.39 is 0 Å². The number of nitrogens with one attached hydrogen (secondary N) is 2. The van der Waals surface area contributed by atoms with Crippen molar-refractivity contribution in [1.82, 2.24) is 20.4 Å². The van der Waals surface area contributed by atoms with Crippen LogP contribution >= 0.6 is 0 Å². The lowest BCUT2D eigenvalue weighted by Crippen LogP contribution is -2.43. The number of ether oxygens (including phenoxy) is 1. The molecule has 28 heavy (non-hydrogen) atoms. The van der Waals surface area contributed by atoms with E-state index in [1.165, 1.54) is 36.8 Å². The van der Waals surface area contributed by atoms with Crippen LogP contribution in [0.5, 0.6) is 0 Å². The molecule has 1 fully saturated rings. The number of benzene rings is 1. The number of hydrogen-bond acceptors (Lipinski definition) is 3. The summed E-state index contributed by atoms with van der Waals surface area (Å²) in [7, 11) is 3.62. The van der Waals surface area contributed by atoms with Crippen molar-refractivity contribution in [2.45, 2.75) is 45.2 Å². The van der Waals surface area contributed by atoms with Gasteiger partial charge in [0, 0.05) is 46.2 Å². The average molecular weight is 384 g/mol. The summed E-state index contributed by atoms with van der Waals surface area (Å²) in [5, 5.41) is 11.4. The lowest BCUT2D eigenvalue weighted by molar-refractivity contribution is 0.138. The Morgan fingerprint density at radius 1 is 1.18 bits per heavy atom. The van der Waals surface area contributed by atoms with Crippen LogP contribution in [0.4, 0.5) is 0 Å². The van der Waals surface area contributed by atoms with E-state index in [9.17, 15) is 0 Å². The number of nitrogens with zero attached hydrogens (tertiary/aromatic N) is 3. The van der Waals surface area contributed by atoms with Gasteiger partial charge in [0.2, 0.25) is 0 Å². The summed E-state index contributed by atoms with van der Waals surface area (Å²) in [6, 6.07) is 10.4. The maximum Gasteiger partial charge on any atom is 0.191 e. The molecule has 0 spiro atoms. The Morgan fingerprint density at radius 2 is 1.96 bits per heavy atom. The van der Waals surface area contributed by atoms with Gasteiger partial charge in [-0.05, 0) is 41.9 Å². The van der Waals surface area contributed by atoms with E-state index in [0.717, 1.165) is 38.6 Å². The third-order valence-electron chi connectivity index (χ3n) is 5.81. The van der Waals surface area contributed by atoms with E-state index in [0.29, 0.717) is 5.41 Å². The molecule has 152 valence electrons. The Hall–Kier alpha value is -2.34. The fraction of sp³-hybridized carbons (Fsp3) is 0.545. The molecule has 0 amide bonds. The molecule has 1 aromatic carbocycles. The molecule has 0 bridgehead atoms. The predicted octanol–water partition coefficient (Wildman–Crippen LogP) is 3.19. The first-order valence-corrected chi connectivity index (χ1v) is 10.2. The van der Waals surface area contributed by atoms with Gasteiger partial charge in [0.15, 0.2) is 5.96 Å². The van der Waals surface area contributed by atoms with E-state index in [1.807, 2.05) is 30.2 Å². The highest BCUT2D eigenvalue weighted by Crippen LogP contribution is 2.40. The van der Waals surface area contributed by atoms with Crippen molar-refractivity contribution < 1.29 is 4.74 Å². The summed E-state index contributed by atoms with van der Waals surface area (Å²) in [5.41, 5.74) is 2.86. The summed E-state index contributed by atoms with van der Waals surface area (Å²) in [6.07, 6.45) is 10.1. The minimum atomic E-state index is 0.339. The van der Waals surface area contributed by atoms with Crippen LogP contribution in [0.15, 0.2) is 47.7 Å². The predicted molar refractivity (Wildman–Crippen MR) is 113 cm³/mol. The van der Waals surface area contributed by atoms with Crippen LogP contribution in [0.3, 0.4) is 0 Å². The van der Waals surface area contributed by atoms with Crippen LogP contribution in [0.1, 0.15) is 43.2 Å². The molecule has 0 aliphatic heterocycles. The van der Waals surface area contributed by atoms with E-state index in [2.05, 4.69) is 45.0 Å². The first kappa shape index (κ1) is 20.4. The topological polar surface area (TPSA) is 63.5 Å². The van der Waals surface area contributed by atoms with Crippen LogP contribution in [0.2, 0.25) is 0 Å². The zero-order valence-electron chi connectivity index (χ0n) is 17.2. The van der Waals surface area contributed by atoms with Crippen molar-refractivity contribution >= 4 is 5.96 Å². The second kappa shape index (κ2) is 10.3. The first-order chi connectivity index (χ1) is 13.7. The molecular weight excluding hydrogens is 350 g/mol. The van der Waals surface area contributed by atoms with Crippen molar-refractivity contribution in [2.24, 2.45) is 10.4 Å². The zero-order valence-corrected chi connectivity index (χ0v) is 17.2. The van der Waals surface area contributed by atoms with Gasteiger partial charge in [-0.15, -0.1) is 0 Å². The van der Waals surface area contributed by atoms with Gasteiger partial charge in [0.1, 0.15) is 0 Å². The number of methoxy groups -OCH3 is 1. The molecule has 1 saturated carbocycles. The van der Waals surface area contributed by atoms with Gasteiger partial charge in [-0.3, -0.25) is 9.67 Å². The monoisotopic (exact) mass is 383 g/mol. The molecule has 2 N–H and O–H groups in total. The van der Waals surface area contributed by atoms with Crippen molar-refractivity contribution in [3.05, 3.63) is 53.9 Å². The van der Waals surface area contributed by atoms with Gasteiger partial charge < -0.3 is 15.4 Å². The molecule has 3 rings (SSSR count). The highest BCUT2D eigenvalue weighted by atomic mass is 16.5. The van der Waals surface area contributed by atoms with E-state index in [4.69, 9.17) is 4.74 Å². The van der Waals surface area contributed by atoms with Gasteiger partial charge in [-0.25, -0.2) is 0 Å². The third kappa shape index (κ3) is 5.58. The first-order valence-electron chi connectivity index (χ1n) is 10.2. The maximum absolute atomic E-state index is 5.34. The molecule has 6 heteroatoms. The smallest absolute Gasteiger partial charge is 0.191 e. The average Bonchev–Trinajstić information content (AvgIpc) is 3.40. The largest absolute Gasteiger partial charge is 0.385 e. The van der Waals surface area contributed by atoms with Crippen molar-refractivity contribution in [2.75, 3.05) is 27.3 Å². The Kier molecular flexibility index (Phi) is 7.48. The number of aromatic nitrogens is 2.